The lowest BCUT2D eigenvalue weighted by Gasteiger charge is -2.15. The van der Waals surface area contributed by atoms with Gasteiger partial charge in [-0.15, -0.1) is 0 Å². The molecule has 2 rings (SSSR count). The van der Waals surface area contributed by atoms with Crippen LogP contribution in [0.3, 0.4) is 0 Å². The van der Waals surface area contributed by atoms with Gasteiger partial charge in [0.1, 0.15) is 12.4 Å². The fraction of sp³-hybridized carbons (Fsp3) is 0.182. The monoisotopic (exact) mass is 399 g/mol. The van der Waals surface area contributed by atoms with E-state index >= 15 is 0 Å². The van der Waals surface area contributed by atoms with Crippen molar-refractivity contribution < 1.29 is 19.1 Å². The molecule has 2 aromatic carbocycles. The van der Waals surface area contributed by atoms with E-state index in [1.807, 2.05) is 25.1 Å². The standard InChI is InChI=1S/C22H22ClNO4/c1-3-14-27-18-11-8-17(9-12-18)10-13-22(26)28-15-21(25)24-16(2)19-6-4-5-7-20(19)23/h3-13,16H,1,14-15H2,2H3,(H,24,25)/b13-10+/t16-/m0/s1. The Morgan fingerprint density at radius 2 is 1.89 bits per heavy atom. The minimum atomic E-state index is -0.604. The number of nitrogens with one attached hydrogen (secondary N) is 1. The van der Waals surface area contributed by atoms with Gasteiger partial charge in [0, 0.05) is 11.1 Å². The van der Waals surface area contributed by atoms with Gasteiger partial charge >= 0.3 is 5.97 Å². The van der Waals surface area contributed by atoms with Crippen molar-refractivity contribution >= 4 is 29.6 Å². The maximum atomic E-state index is 12.0. The summed E-state index contributed by atoms with van der Waals surface area (Å²) in [5.74, 6) is -0.297. The Bertz CT molecular complexity index is 846. The van der Waals surface area contributed by atoms with Crippen LogP contribution in [0.15, 0.2) is 67.3 Å². The van der Waals surface area contributed by atoms with E-state index < -0.39 is 11.9 Å². The predicted molar refractivity (Wildman–Crippen MR) is 110 cm³/mol. The number of benzene rings is 2. The van der Waals surface area contributed by atoms with Crippen LogP contribution in [0.1, 0.15) is 24.1 Å². The Labute approximate surface area is 169 Å². The van der Waals surface area contributed by atoms with Crippen LogP contribution in [0, 0.1) is 0 Å². The highest BCUT2D eigenvalue weighted by molar-refractivity contribution is 6.31. The maximum absolute atomic E-state index is 12.0. The Hall–Kier alpha value is -3.05. The number of carbonyl (C=O) groups is 2. The van der Waals surface area contributed by atoms with Gasteiger partial charge in [-0.05, 0) is 42.3 Å². The van der Waals surface area contributed by atoms with Crippen LogP contribution in [0.25, 0.3) is 6.08 Å². The predicted octanol–water partition coefficient (Wildman–Crippen LogP) is 4.34. The molecule has 28 heavy (non-hydrogen) atoms. The van der Waals surface area contributed by atoms with Gasteiger partial charge < -0.3 is 14.8 Å². The lowest BCUT2D eigenvalue weighted by Crippen LogP contribution is -2.31. The molecule has 0 aromatic heterocycles. The second-order valence-corrected chi connectivity index (χ2v) is 6.33. The topological polar surface area (TPSA) is 64.6 Å². The maximum Gasteiger partial charge on any atom is 0.331 e. The second-order valence-electron chi connectivity index (χ2n) is 5.92. The van der Waals surface area contributed by atoms with Crippen molar-refractivity contribution in [2.75, 3.05) is 13.2 Å². The number of hydrogen-bond acceptors (Lipinski definition) is 4. The van der Waals surface area contributed by atoms with Crippen LogP contribution in [-0.4, -0.2) is 25.1 Å². The summed E-state index contributed by atoms with van der Waals surface area (Å²) in [6.45, 7) is 5.45. The first-order chi connectivity index (χ1) is 13.5. The first kappa shape index (κ1) is 21.3. The molecule has 1 N–H and O–H groups in total. The van der Waals surface area contributed by atoms with Crippen LogP contribution in [0.5, 0.6) is 5.75 Å². The molecular weight excluding hydrogens is 378 g/mol. The highest BCUT2D eigenvalue weighted by Gasteiger charge is 2.13. The first-order valence-corrected chi connectivity index (χ1v) is 9.09. The van der Waals surface area contributed by atoms with Crippen molar-refractivity contribution in [3.05, 3.63) is 83.4 Å². The zero-order valence-electron chi connectivity index (χ0n) is 15.6. The Morgan fingerprint density at radius 3 is 2.57 bits per heavy atom. The molecule has 0 aliphatic heterocycles. The fourth-order valence-electron chi connectivity index (χ4n) is 2.37. The highest BCUT2D eigenvalue weighted by Crippen LogP contribution is 2.21. The molecule has 0 saturated carbocycles. The quantitative estimate of drug-likeness (QED) is 0.387. The summed E-state index contributed by atoms with van der Waals surface area (Å²) in [6, 6.07) is 14.1. The second kappa shape index (κ2) is 10.9. The number of ether oxygens (including phenoxy) is 2. The Morgan fingerprint density at radius 1 is 1.18 bits per heavy atom. The molecule has 0 aliphatic rings. The number of halogens is 1. The highest BCUT2D eigenvalue weighted by atomic mass is 35.5. The number of hydrogen-bond donors (Lipinski definition) is 1. The van der Waals surface area contributed by atoms with E-state index in [0.717, 1.165) is 11.1 Å². The average Bonchev–Trinajstić information content (AvgIpc) is 2.70. The van der Waals surface area contributed by atoms with Gasteiger partial charge in [0.05, 0.1) is 6.04 Å². The van der Waals surface area contributed by atoms with Crippen molar-refractivity contribution in [2.24, 2.45) is 0 Å². The molecule has 146 valence electrons. The molecule has 0 heterocycles. The lowest BCUT2D eigenvalue weighted by atomic mass is 10.1. The SMILES string of the molecule is C=CCOc1ccc(/C=C/C(=O)OCC(=O)N[C@@H](C)c2ccccc2Cl)cc1. The van der Waals surface area contributed by atoms with E-state index in [9.17, 15) is 9.59 Å². The van der Waals surface area contributed by atoms with E-state index in [1.165, 1.54) is 6.08 Å². The molecule has 2 aromatic rings. The van der Waals surface area contributed by atoms with Gasteiger partial charge in [-0.3, -0.25) is 4.79 Å². The van der Waals surface area contributed by atoms with Crippen molar-refractivity contribution in [1.29, 1.82) is 0 Å². The van der Waals surface area contributed by atoms with Crippen molar-refractivity contribution in [2.45, 2.75) is 13.0 Å². The van der Waals surface area contributed by atoms with E-state index in [4.69, 9.17) is 21.1 Å². The van der Waals surface area contributed by atoms with Crippen molar-refractivity contribution in [3.63, 3.8) is 0 Å². The van der Waals surface area contributed by atoms with Gasteiger partial charge in [-0.25, -0.2) is 4.79 Å². The van der Waals surface area contributed by atoms with Gasteiger partial charge in [-0.2, -0.15) is 0 Å². The molecule has 0 bridgehead atoms. The minimum absolute atomic E-state index is 0.294. The van der Waals surface area contributed by atoms with Gasteiger partial charge in [0.15, 0.2) is 6.61 Å². The first-order valence-electron chi connectivity index (χ1n) is 8.72. The molecule has 0 unspecified atom stereocenters. The summed E-state index contributed by atoms with van der Waals surface area (Å²) in [4.78, 5) is 23.8. The summed E-state index contributed by atoms with van der Waals surface area (Å²) in [7, 11) is 0. The smallest absolute Gasteiger partial charge is 0.331 e. The number of rotatable bonds is 9. The minimum Gasteiger partial charge on any atom is -0.490 e. The van der Waals surface area contributed by atoms with Crippen molar-refractivity contribution in [3.8, 4) is 5.75 Å². The average molecular weight is 400 g/mol. The molecule has 1 amide bonds. The molecule has 5 nitrogen and oxygen atoms in total. The van der Waals surface area contributed by atoms with E-state index in [0.29, 0.717) is 17.4 Å². The molecule has 0 saturated heterocycles. The third-order valence-corrected chi connectivity index (χ3v) is 4.10. The Kier molecular flexibility index (Phi) is 8.31. The molecular formula is C22H22ClNO4. The summed E-state index contributed by atoms with van der Waals surface area (Å²) in [6.07, 6.45) is 4.53. The summed E-state index contributed by atoms with van der Waals surface area (Å²) >= 11 is 6.11. The van der Waals surface area contributed by atoms with Crippen LogP contribution in [-0.2, 0) is 14.3 Å². The van der Waals surface area contributed by atoms with E-state index in [-0.39, 0.29) is 12.6 Å². The molecule has 0 fully saturated rings. The largest absolute Gasteiger partial charge is 0.490 e. The number of esters is 1. The Balaban J connectivity index is 1.78. The fourth-order valence-corrected chi connectivity index (χ4v) is 2.67. The number of carbonyl (C=O) groups excluding carboxylic acids is 2. The summed E-state index contributed by atoms with van der Waals surface area (Å²) in [5, 5.41) is 3.31. The van der Waals surface area contributed by atoms with E-state index in [2.05, 4.69) is 11.9 Å². The zero-order valence-corrected chi connectivity index (χ0v) is 16.3. The molecule has 1 atom stereocenters. The van der Waals surface area contributed by atoms with Crippen molar-refractivity contribution in [1.82, 2.24) is 5.32 Å². The van der Waals surface area contributed by atoms with Crippen LogP contribution in [0.2, 0.25) is 5.02 Å². The van der Waals surface area contributed by atoms with Crippen LogP contribution >= 0.6 is 11.6 Å². The normalized spacial score (nSPS) is 11.6. The molecule has 6 heteroatoms. The molecule has 0 aliphatic carbocycles. The van der Waals surface area contributed by atoms with Gasteiger partial charge in [-0.1, -0.05) is 54.6 Å². The van der Waals surface area contributed by atoms with Crippen LogP contribution < -0.4 is 10.1 Å². The van der Waals surface area contributed by atoms with Crippen LogP contribution in [0.4, 0.5) is 0 Å². The number of amides is 1. The van der Waals surface area contributed by atoms with Gasteiger partial charge in [0.25, 0.3) is 5.91 Å². The van der Waals surface area contributed by atoms with E-state index in [1.54, 1.807) is 42.5 Å². The third-order valence-electron chi connectivity index (χ3n) is 3.75. The zero-order chi connectivity index (χ0) is 20.4. The third kappa shape index (κ3) is 6.93. The molecule has 0 spiro atoms. The van der Waals surface area contributed by atoms with Gasteiger partial charge in [0.2, 0.25) is 0 Å². The lowest BCUT2D eigenvalue weighted by molar-refractivity contribution is -0.144. The summed E-state index contributed by atoms with van der Waals surface area (Å²) in [5.41, 5.74) is 1.60. The molecule has 0 radical (unpaired) electrons. The summed E-state index contributed by atoms with van der Waals surface area (Å²) < 4.78 is 10.3.